The Bertz CT molecular complexity index is 410. The van der Waals surface area contributed by atoms with Gasteiger partial charge >= 0.3 is 0 Å². The minimum Gasteiger partial charge on any atom is -0.397 e. The fourth-order valence-corrected chi connectivity index (χ4v) is 1.24. The monoisotopic (exact) mass is 186 g/mol. The smallest absolute Gasteiger partial charge is 0.123 e. The molecule has 0 aliphatic rings. The molecule has 0 saturated heterocycles. The van der Waals surface area contributed by atoms with Gasteiger partial charge in [0.05, 0.1) is 5.69 Å². The molecule has 4 nitrogen and oxygen atoms in total. The first-order valence-corrected chi connectivity index (χ1v) is 4.18. The highest BCUT2D eigenvalue weighted by atomic mass is 14.8. The van der Waals surface area contributed by atoms with Crippen molar-refractivity contribution < 1.29 is 0 Å². The number of nitrogen functional groups attached to an aromatic ring is 2. The zero-order valence-corrected chi connectivity index (χ0v) is 7.51. The average molecular weight is 186 g/mol. The highest BCUT2D eigenvalue weighted by Gasteiger charge is 1.98. The summed E-state index contributed by atoms with van der Waals surface area (Å²) in [7, 11) is 0. The van der Waals surface area contributed by atoms with Crippen LogP contribution in [-0.4, -0.2) is 9.97 Å². The molecule has 14 heavy (non-hydrogen) atoms. The Hall–Kier alpha value is -2.10. The highest BCUT2D eigenvalue weighted by Crippen LogP contribution is 2.20. The first kappa shape index (κ1) is 8.50. The molecule has 4 N–H and O–H groups in total. The molecule has 0 amide bonds. The van der Waals surface area contributed by atoms with E-state index in [-0.39, 0.29) is 0 Å². The van der Waals surface area contributed by atoms with Gasteiger partial charge < -0.3 is 11.5 Å². The molecule has 0 aliphatic heterocycles. The Morgan fingerprint density at radius 3 is 2.57 bits per heavy atom. The fraction of sp³-hybridized carbons (Fsp3) is 0. The third-order valence-electron chi connectivity index (χ3n) is 1.87. The van der Waals surface area contributed by atoms with Crippen molar-refractivity contribution >= 4 is 11.5 Å². The van der Waals surface area contributed by atoms with Gasteiger partial charge in [0, 0.05) is 24.2 Å². The van der Waals surface area contributed by atoms with E-state index in [0.29, 0.717) is 11.5 Å². The second kappa shape index (κ2) is 3.33. The van der Waals surface area contributed by atoms with Gasteiger partial charge in [0.15, 0.2) is 0 Å². The van der Waals surface area contributed by atoms with Gasteiger partial charge in [-0.2, -0.15) is 0 Å². The van der Waals surface area contributed by atoms with Crippen LogP contribution >= 0.6 is 0 Å². The van der Waals surface area contributed by atoms with Crippen LogP contribution in [0, 0.1) is 0 Å². The van der Waals surface area contributed by atoms with Crippen molar-refractivity contribution in [2.45, 2.75) is 0 Å². The maximum absolute atomic E-state index is 5.62. The first-order chi connectivity index (χ1) is 6.75. The molecule has 0 atom stereocenters. The Kier molecular flexibility index (Phi) is 2.02. The zero-order valence-electron chi connectivity index (χ0n) is 7.51. The molecule has 0 fully saturated rings. The molecule has 2 heterocycles. The van der Waals surface area contributed by atoms with Crippen molar-refractivity contribution in [1.29, 1.82) is 0 Å². The SMILES string of the molecule is Nc1cncc(-c2ccnc(N)c2)c1. The van der Waals surface area contributed by atoms with Crippen LogP contribution in [0.2, 0.25) is 0 Å². The lowest BCUT2D eigenvalue weighted by atomic mass is 10.1. The summed E-state index contributed by atoms with van der Waals surface area (Å²) in [5.41, 5.74) is 13.7. The van der Waals surface area contributed by atoms with Crippen LogP contribution in [-0.2, 0) is 0 Å². The molecule has 0 unspecified atom stereocenters. The molecule has 0 aliphatic carbocycles. The largest absolute Gasteiger partial charge is 0.397 e. The summed E-state index contributed by atoms with van der Waals surface area (Å²) in [4.78, 5) is 7.92. The number of anilines is 2. The molecule has 2 aromatic heterocycles. The zero-order chi connectivity index (χ0) is 9.97. The summed E-state index contributed by atoms with van der Waals surface area (Å²) in [5.74, 6) is 0.491. The lowest BCUT2D eigenvalue weighted by Crippen LogP contribution is -1.91. The number of hydrogen-bond acceptors (Lipinski definition) is 4. The molecular formula is C10H10N4. The Morgan fingerprint density at radius 2 is 1.86 bits per heavy atom. The Balaban J connectivity index is 2.49. The number of rotatable bonds is 1. The van der Waals surface area contributed by atoms with Gasteiger partial charge in [0.25, 0.3) is 0 Å². The molecule has 4 heteroatoms. The molecule has 0 saturated carbocycles. The fourth-order valence-electron chi connectivity index (χ4n) is 1.24. The van der Waals surface area contributed by atoms with Crippen LogP contribution in [0.5, 0.6) is 0 Å². The summed E-state index contributed by atoms with van der Waals surface area (Å²) in [5, 5.41) is 0. The topological polar surface area (TPSA) is 77.8 Å². The van der Waals surface area contributed by atoms with Gasteiger partial charge in [-0.3, -0.25) is 4.98 Å². The molecule has 2 rings (SSSR count). The van der Waals surface area contributed by atoms with Crippen LogP contribution in [0.1, 0.15) is 0 Å². The number of nitrogens with two attached hydrogens (primary N) is 2. The van der Waals surface area contributed by atoms with Crippen molar-refractivity contribution in [3.05, 3.63) is 36.8 Å². The maximum atomic E-state index is 5.62. The normalized spacial score (nSPS) is 10.0. The van der Waals surface area contributed by atoms with E-state index in [2.05, 4.69) is 9.97 Å². The summed E-state index contributed by atoms with van der Waals surface area (Å²) >= 11 is 0. The number of aromatic nitrogens is 2. The van der Waals surface area contributed by atoms with E-state index in [9.17, 15) is 0 Å². The molecule has 0 bridgehead atoms. The molecule has 0 radical (unpaired) electrons. The molecule has 70 valence electrons. The molecule has 0 spiro atoms. The van der Waals surface area contributed by atoms with E-state index in [1.54, 1.807) is 24.7 Å². The van der Waals surface area contributed by atoms with E-state index >= 15 is 0 Å². The predicted octanol–water partition coefficient (Wildman–Crippen LogP) is 1.31. The number of nitrogens with zero attached hydrogens (tertiary/aromatic N) is 2. The maximum Gasteiger partial charge on any atom is 0.123 e. The van der Waals surface area contributed by atoms with E-state index in [4.69, 9.17) is 11.5 Å². The second-order valence-electron chi connectivity index (χ2n) is 2.98. The van der Waals surface area contributed by atoms with Crippen LogP contribution in [0.3, 0.4) is 0 Å². The van der Waals surface area contributed by atoms with Gasteiger partial charge in [-0.1, -0.05) is 0 Å². The van der Waals surface area contributed by atoms with Crippen molar-refractivity contribution in [3.8, 4) is 11.1 Å². The summed E-state index contributed by atoms with van der Waals surface area (Å²) in [6, 6.07) is 5.50. The van der Waals surface area contributed by atoms with Crippen molar-refractivity contribution in [1.82, 2.24) is 9.97 Å². The highest BCUT2D eigenvalue weighted by molar-refractivity contribution is 5.67. The quantitative estimate of drug-likeness (QED) is 0.703. The molecule has 0 aromatic carbocycles. The van der Waals surface area contributed by atoms with Gasteiger partial charge in [-0.25, -0.2) is 4.98 Å². The Morgan fingerprint density at radius 1 is 1.00 bits per heavy atom. The van der Waals surface area contributed by atoms with Crippen LogP contribution < -0.4 is 11.5 Å². The van der Waals surface area contributed by atoms with Gasteiger partial charge in [-0.15, -0.1) is 0 Å². The molecular weight excluding hydrogens is 176 g/mol. The van der Waals surface area contributed by atoms with E-state index in [0.717, 1.165) is 11.1 Å². The van der Waals surface area contributed by atoms with E-state index in [1.807, 2.05) is 12.1 Å². The Labute approximate surface area is 81.6 Å². The summed E-state index contributed by atoms with van der Waals surface area (Å²) < 4.78 is 0. The third-order valence-corrected chi connectivity index (χ3v) is 1.87. The minimum atomic E-state index is 0.491. The van der Waals surface area contributed by atoms with Crippen LogP contribution in [0.15, 0.2) is 36.8 Å². The third kappa shape index (κ3) is 1.64. The lowest BCUT2D eigenvalue weighted by molar-refractivity contribution is 1.31. The predicted molar refractivity (Wildman–Crippen MR) is 56.3 cm³/mol. The van der Waals surface area contributed by atoms with Crippen LogP contribution in [0.25, 0.3) is 11.1 Å². The summed E-state index contributed by atoms with van der Waals surface area (Å²) in [6.45, 7) is 0. The van der Waals surface area contributed by atoms with Crippen molar-refractivity contribution in [2.24, 2.45) is 0 Å². The average Bonchev–Trinajstić information content (AvgIpc) is 2.18. The first-order valence-electron chi connectivity index (χ1n) is 4.18. The summed E-state index contributed by atoms with van der Waals surface area (Å²) in [6.07, 6.45) is 5.01. The standard InChI is InChI=1S/C10H10N4/c11-9-3-8(5-13-6-9)7-1-2-14-10(12)4-7/h1-6H,11H2,(H2,12,14). The van der Waals surface area contributed by atoms with Gasteiger partial charge in [-0.05, 0) is 23.8 Å². The number of pyridine rings is 2. The lowest BCUT2D eigenvalue weighted by Gasteiger charge is -2.02. The van der Waals surface area contributed by atoms with Crippen LogP contribution in [0.4, 0.5) is 11.5 Å². The van der Waals surface area contributed by atoms with E-state index < -0.39 is 0 Å². The second-order valence-corrected chi connectivity index (χ2v) is 2.98. The minimum absolute atomic E-state index is 0.491. The van der Waals surface area contributed by atoms with Gasteiger partial charge in [0.1, 0.15) is 5.82 Å². The number of hydrogen-bond donors (Lipinski definition) is 2. The van der Waals surface area contributed by atoms with Gasteiger partial charge in [0.2, 0.25) is 0 Å². The van der Waals surface area contributed by atoms with Crippen molar-refractivity contribution in [2.75, 3.05) is 11.5 Å². The molecule has 2 aromatic rings. The van der Waals surface area contributed by atoms with E-state index in [1.165, 1.54) is 0 Å². The van der Waals surface area contributed by atoms with Crippen molar-refractivity contribution in [3.63, 3.8) is 0 Å².